The normalized spacial score (nSPS) is 11.6. The van der Waals surface area contributed by atoms with Crippen LogP contribution in [0.4, 0.5) is 0 Å². The molecule has 0 bridgehead atoms. The Morgan fingerprint density at radius 3 is 2.76 bits per heavy atom. The van der Waals surface area contributed by atoms with Crippen LogP contribution in [0.2, 0.25) is 0 Å². The highest BCUT2D eigenvalue weighted by Gasteiger charge is 2.13. The fourth-order valence-electron chi connectivity index (χ4n) is 2.82. The van der Waals surface area contributed by atoms with Crippen LogP contribution in [0.5, 0.6) is 5.75 Å². The second-order valence-corrected chi connectivity index (χ2v) is 5.69. The van der Waals surface area contributed by atoms with Crippen molar-refractivity contribution in [3.63, 3.8) is 0 Å². The second kappa shape index (κ2) is 5.90. The number of aromatic amines is 1. The molecule has 0 spiro atoms. The zero-order valence-electron chi connectivity index (χ0n) is 13.9. The maximum Gasteiger partial charge on any atom is 0.298 e. The quantitative estimate of drug-likeness (QED) is 0.586. The van der Waals surface area contributed by atoms with Crippen LogP contribution in [-0.2, 0) is 0 Å². The molecule has 6 nitrogen and oxygen atoms in total. The molecule has 1 N–H and O–H groups in total. The van der Waals surface area contributed by atoms with Crippen molar-refractivity contribution in [2.24, 2.45) is 5.10 Å². The van der Waals surface area contributed by atoms with Crippen LogP contribution in [0.15, 0.2) is 58.4 Å². The number of H-pyrrole nitrogens is 1. The number of hydrogen-bond donors (Lipinski definition) is 1. The molecule has 124 valence electrons. The van der Waals surface area contributed by atoms with E-state index < -0.39 is 0 Å². The summed E-state index contributed by atoms with van der Waals surface area (Å²) in [5, 5.41) is 5.16. The second-order valence-electron chi connectivity index (χ2n) is 5.69. The maximum absolute atomic E-state index is 12.8. The van der Waals surface area contributed by atoms with E-state index in [4.69, 9.17) is 4.74 Å². The lowest BCUT2D eigenvalue weighted by molar-refractivity contribution is 0.415. The van der Waals surface area contributed by atoms with Crippen LogP contribution in [0.25, 0.3) is 21.9 Å². The van der Waals surface area contributed by atoms with Gasteiger partial charge in [0, 0.05) is 10.9 Å². The summed E-state index contributed by atoms with van der Waals surface area (Å²) in [5.74, 6) is 1.24. The molecule has 0 saturated carbocycles. The number of rotatable bonds is 3. The topological polar surface area (TPSA) is 72.3 Å². The SMILES string of the molecule is COc1ccc2[nH]c3c(=O)n(/N=C\c4ccccc4)c(C)nc3c2c1. The van der Waals surface area contributed by atoms with E-state index in [9.17, 15) is 4.79 Å². The first kappa shape index (κ1) is 15.1. The molecule has 6 heteroatoms. The van der Waals surface area contributed by atoms with E-state index in [1.165, 1.54) is 4.68 Å². The number of nitrogens with zero attached hydrogens (tertiary/aromatic N) is 3. The first-order valence-corrected chi connectivity index (χ1v) is 7.86. The van der Waals surface area contributed by atoms with E-state index in [-0.39, 0.29) is 5.56 Å². The first-order valence-electron chi connectivity index (χ1n) is 7.86. The van der Waals surface area contributed by atoms with Crippen LogP contribution in [0.3, 0.4) is 0 Å². The molecular formula is C19H16N4O2. The van der Waals surface area contributed by atoms with Crippen molar-refractivity contribution in [2.75, 3.05) is 7.11 Å². The van der Waals surface area contributed by atoms with Crippen molar-refractivity contribution >= 4 is 28.2 Å². The minimum atomic E-state index is -0.232. The van der Waals surface area contributed by atoms with Gasteiger partial charge in [-0.3, -0.25) is 4.79 Å². The van der Waals surface area contributed by atoms with E-state index in [0.29, 0.717) is 16.9 Å². The Morgan fingerprint density at radius 1 is 1.20 bits per heavy atom. The van der Waals surface area contributed by atoms with Gasteiger partial charge in [-0.2, -0.15) is 9.78 Å². The van der Waals surface area contributed by atoms with Gasteiger partial charge in [0.15, 0.2) is 0 Å². The summed E-state index contributed by atoms with van der Waals surface area (Å²) >= 11 is 0. The van der Waals surface area contributed by atoms with E-state index in [2.05, 4.69) is 15.1 Å². The number of ether oxygens (including phenoxy) is 1. The molecular weight excluding hydrogens is 316 g/mol. The van der Waals surface area contributed by atoms with Gasteiger partial charge < -0.3 is 9.72 Å². The minimum absolute atomic E-state index is 0.232. The van der Waals surface area contributed by atoms with Gasteiger partial charge in [0.25, 0.3) is 5.56 Å². The van der Waals surface area contributed by atoms with Crippen molar-refractivity contribution < 1.29 is 4.74 Å². The molecule has 0 unspecified atom stereocenters. The fourth-order valence-corrected chi connectivity index (χ4v) is 2.82. The van der Waals surface area contributed by atoms with Gasteiger partial charge in [0.1, 0.15) is 22.6 Å². The molecule has 0 aliphatic carbocycles. The highest BCUT2D eigenvalue weighted by molar-refractivity contribution is 6.05. The zero-order valence-corrected chi connectivity index (χ0v) is 13.9. The molecule has 0 atom stereocenters. The Balaban J connectivity index is 1.91. The van der Waals surface area contributed by atoms with Crippen LogP contribution in [-0.4, -0.2) is 28.0 Å². The average molecular weight is 332 g/mol. The largest absolute Gasteiger partial charge is 0.497 e. The van der Waals surface area contributed by atoms with Crippen LogP contribution >= 0.6 is 0 Å². The number of aryl methyl sites for hydroxylation is 1. The molecule has 25 heavy (non-hydrogen) atoms. The Morgan fingerprint density at radius 2 is 2.00 bits per heavy atom. The standard InChI is InChI=1S/C19H16N4O2/c1-12-21-17-15-10-14(25-2)8-9-16(15)22-18(17)19(24)23(12)20-11-13-6-4-3-5-7-13/h3-11,22H,1-2H3/b20-11-. The highest BCUT2D eigenvalue weighted by Crippen LogP contribution is 2.26. The molecule has 2 heterocycles. The van der Waals surface area contributed by atoms with Crippen molar-refractivity contribution in [2.45, 2.75) is 6.92 Å². The van der Waals surface area contributed by atoms with Gasteiger partial charge in [-0.1, -0.05) is 30.3 Å². The van der Waals surface area contributed by atoms with E-state index in [0.717, 1.165) is 22.2 Å². The van der Waals surface area contributed by atoms with Gasteiger partial charge in [-0.05, 0) is 30.7 Å². The molecule has 0 fully saturated rings. The Labute approximate surface area is 143 Å². The lowest BCUT2D eigenvalue weighted by Gasteiger charge is -2.03. The molecule has 2 aromatic carbocycles. The van der Waals surface area contributed by atoms with Gasteiger partial charge >= 0.3 is 0 Å². The summed E-state index contributed by atoms with van der Waals surface area (Å²) in [7, 11) is 1.61. The number of hydrogen-bond acceptors (Lipinski definition) is 4. The number of nitrogens with one attached hydrogen (secondary N) is 1. The molecule has 0 amide bonds. The molecule has 0 saturated heterocycles. The van der Waals surface area contributed by atoms with Gasteiger partial charge in [-0.25, -0.2) is 4.98 Å². The average Bonchev–Trinajstić information content (AvgIpc) is 3.00. The maximum atomic E-state index is 12.8. The fraction of sp³-hybridized carbons (Fsp3) is 0.105. The predicted octanol–water partition coefficient (Wildman–Crippen LogP) is 3.08. The van der Waals surface area contributed by atoms with Gasteiger partial charge in [0.2, 0.25) is 0 Å². The van der Waals surface area contributed by atoms with Crippen molar-refractivity contribution in [1.82, 2.24) is 14.6 Å². The highest BCUT2D eigenvalue weighted by atomic mass is 16.5. The summed E-state index contributed by atoms with van der Waals surface area (Å²) in [6.45, 7) is 1.77. The first-order chi connectivity index (χ1) is 12.2. The van der Waals surface area contributed by atoms with E-state index in [1.54, 1.807) is 20.2 Å². The lowest BCUT2D eigenvalue weighted by atomic mass is 10.2. The monoisotopic (exact) mass is 332 g/mol. The summed E-state index contributed by atoms with van der Waals surface area (Å²) in [6, 6.07) is 15.2. The number of methoxy groups -OCH3 is 1. The molecule has 2 aromatic heterocycles. The third-order valence-corrected chi connectivity index (χ3v) is 4.09. The molecule has 0 aliphatic rings. The van der Waals surface area contributed by atoms with Crippen molar-refractivity contribution in [3.05, 3.63) is 70.3 Å². The predicted molar refractivity (Wildman–Crippen MR) is 98.6 cm³/mol. The third-order valence-electron chi connectivity index (χ3n) is 4.09. The van der Waals surface area contributed by atoms with Crippen molar-refractivity contribution in [1.29, 1.82) is 0 Å². The van der Waals surface area contributed by atoms with E-state index >= 15 is 0 Å². The molecule has 0 radical (unpaired) electrons. The van der Waals surface area contributed by atoms with Crippen molar-refractivity contribution in [3.8, 4) is 5.75 Å². The van der Waals surface area contributed by atoms with Gasteiger partial charge in [0.05, 0.1) is 13.3 Å². The number of aromatic nitrogens is 3. The van der Waals surface area contributed by atoms with E-state index in [1.807, 2.05) is 48.5 Å². The zero-order chi connectivity index (χ0) is 17.4. The smallest absolute Gasteiger partial charge is 0.298 e. The molecule has 0 aliphatic heterocycles. The van der Waals surface area contributed by atoms with Gasteiger partial charge in [-0.15, -0.1) is 0 Å². The summed E-state index contributed by atoms with van der Waals surface area (Å²) in [5.41, 5.74) is 2.58. The Bertz CT molecular complexity index is 1160. The Kier molecular flexibility index (Phi) is 3.57. The molecule has 4 rings (SSSR count). The summed E-state index contributed by atoms with van der Waals surface area (Å²) < 4.78 is 6.57. The summed E-state index contributed by atoms with van der Waals surface area (Å²) in [4.78, 5) is 20.6. The Hall–Kier alpha value is -3.41. The molecule has 4 aromatic rings. The number of fused-ring (bicyclic) bond motifs is 3. The summed E-state index contributed by atoms with van der Waals surface area (Å²) in [6.07, 6.45) is 1.65. The van der Waals surface area contributed by atoms with Crippen LogP contribution in [0, 0.1) is 6.92 Å². The third kappa shape index (κ3) is 2.57. The lowest BCUT2D eigenvalue weighted by Crippen LogP contribution is -2.20. The van der Waals surface area contributed by atoms with Crippen LogP contribution in [0.1, 0.15) is 11.4 Å². The minimum Gasteiger partial charge on any atom is -0.497 e. The van der Waals surface area contributed by atoms with Crippen LogP contribution < -0.4 is 10.3 Å². The number of benzene rings is 2.